The standard InChI is InChI=1S/C12H19FN2O2/c1-4-16-8-9(2)17-12-10(6-14-3)5-11(13)7-15-12/h5,7,9,14H,4,6,8H2,1-3H3. The second-order valence-corrected chi connectivity index (χ2v) is 3.74. The van der Waals surface area contributed by atoms with E-state index in [4.69, 9.17) is 9.47 Å². The van der Waals surface area contributed by atoms with Crippen LogP contribution in [0.15, 0.2) is 12.3 Å². The minimum Gasteiger partial charge on any atom is -0.472 e. The van der Waals surface area contributed by atoms with Crippen LogP contribution in [0, 0.1) is 5.82 Å². The summed E-state index contributed by atoms with van der Waals surface area (Å²) in [7, 11) is 1.79. The summed E-state index contributed by atoms with van der Waals surface area (Å²) in [4.78, 5) is 3.95. The predicted molar refractivity (Wildman–Crippen MR) is 63.5 cm³/mol. The molecule has 5 heteroatoms. The SMILES string of the molecule is CCOCC(C)Oc1ncc(F)cc1CNC. The van der Waals surface area contributed by atoms with E-state index in [1.165, 1.54) is 6.07 Å². The van der Waals surface area contributed by atoms with Gasteiger partial charge in [0, 0.05) is 18.7 Å². The third kappa shape index (κ3) is 4.66. The van der Waals surface area contributed by atoms with E-state index in [9.17, 15) is 4.39 Å². The highest BCUT2D eigenvalue weighted by molar-refractivity contribution is 5.26. The predicted octanol–water partition coefficient (Wildman–Crippen LogP) is 1.74. The second kappa shape index (κ2) is 7.19. The summed E-state index contributed by atoms with van der Waals surface area (Å²) in [5.74, 6) is 0.0908. The highest BCUT2D eigenvalue weighted by Gasteiger charge is 2.10. The van der Waals surface area contributed by atoms with Gasteiger partial charge in [-0.25, -0.2) is 9.37 Å². The quantitative estimate of drug-likeness (QED) is 0.791. The molecule has 1 aromatic heterocycles. The van der Waals surface area contributed by atoms with Crippen molar-refractivity contribution in [2.45, 2.75) is 26.5 Å². The van der Waals surface area contributed by atoms with Crippen LogP contribution in [0.4, 0.5) is 4.39 Å². The van der Waals surface area contributed by atoms with E-state index in [0.717, 1.165) is 6.20 Å². The van der Waals surface area contributed by atoms with Crippen molar-refractivity contribution in [2.24, 2.45) is 0 Å². The smallest absolute Gasteiger partial charge is 0.218 e. The molecule has 0 aliphatic rings. The number of nitrogens with one attached hydrogen (secondary N) is 1. The van der Waals surface area contributed by atoms with E-state index < -0.39 is 0 Å². The lowest BCUT2D eigenvalue weighted by atomic mass is 10.2. The van der Waals surface area contributed by atoms with Gasteiger partial charge >= 0.3 is 0 Å². The first-order valence-electron chi connectivity index (χ1n) is 5.70. The van der Waals surface area contributed by atoms with Gasteiger partial charge in [0.15, 0.2) is 0 Å². The maximum atomic E-state index is 13.0. The molecule has 0 saturated heterocycles. The van der Waals surface area contributed by atoms with Crippen molar-refractivity contribution in [2.75, 3.05) is 20.3 Å². The summed E-state index contributed by atoms with van der Waals surface area (Å²) in [5.41, 5.74) is 0.704. The van der Waals surface area contributed by atoms with Crippen molar-refractivity contribution in [1.82, 2.24) is 10.3 Å². The summed E-state index contributed by atoms with van der Waals surface area (Å²) in [5, 5.41) is 2.95. The molecule has 96 valence electrons. The van der Waals surface area contributed by atoms with Crippen LogP contribution in [0.1, 0.15) is 19.4 Å². The Kier molecular flexibility index (Phi) is 5.86. The summed E-state index contributed by atoms with van der Waals surface area (Å²) >= 11 is 0. The lowest BCUT2D eigenvalue weighted by Crippen LogP contribution is -2.21. The molecule has 4 nitrogen and oxygen atoms in total. The molecule has 0 aliphatic carbocycles. The highest BCUT2D eigenvalue weighted by atomic mass is 19.1. The molecular formula is C12H19FN2O2. The zero-order valence-corrected chi connectivity index (χ0v) is 10.5. The molecule has 1 atom stereocenters. The normalized spacial score (nSPS) is 12.5. The Morgan fingerprint density at radius 3 is 2.94 bits per heavy atom. The van der Waals surface area contributed by atoms with Gasteiger partial charge in [0.1, 0.15) is 11.9 Å². The summed E-state index contributed by atoms with van der Waals surface area (Å²) in [6, 6.07) is 1.42. The van der Waals surface area contributed by atoms with Crippen LogP contribution in [-0.4, -0.2) is 31.3 Å². The Hall–Kier alpha value is -1.20. The fraction of sp³-hybridized carbons (Fsp3) is 0.583. The van der Waals surface area contributed by atoms with Crippen LogP contribution >= 0.6 is 0 Å². The van der Waals surface area contributed by atoms with Gasteiger partial charge < -0.3 is 14.8 Å². The highest BCUT2D eigenvalue weighted by Crippen LogP contribution is 2.17. The molecular weight excluding hydrogens is 223 g/mol. The van der Waals surface area contributed by atoms with E-state index in [1.54, 1.807) is 7.05 Å². The summed E-state index contributed by atoms with van der Waals surface area (Å²) in [6.07, 6.45) is 1.05. The largest absolute Gasteiger partial charge is 0.472 e. The molecule has 17 heavy (non-hydrogen) atoms. The molecule has 1 heterocycles. The average molecular weight is 242 g/mol. The number of pyridine rings is 1. The third-order valence-electron chi connectivity index (χ3n) is 2.13. The number of hydrogen-bond donors (Lipinski definition) is 1. The molecule has 0 saturated carbocycles. The van der Waals surface area contributed by atoms with E-state index in [-0.39, 0.29) is 11.9 Å². The first-order valence-corrected chi connectivity index (χ1v) is 5.70. The molecule has 1 aromatic rings. The van der Waals surface area contributed by atoms with Crippen molar-refractivity contribution >= 4 is 0 Å². The number of aromatic nitrogens is 1. The van der Waals surface area contributed by atoms with E-state index >= 15 is 0 Å². The zero-order chi connectivity index (χ0) is 12.7. The minimum atomic E-state index is -0.361. The zero-order valence-electron chi connectivity index (χ0n) is 10.5. The maximum absolute atomic E-state index is 13.0. The molecule has 0 aromatic carbocycles. The van der Waals surface area contributed by atoms with Crippen molar-refractivity contribution < 1.29 is 13.9 Å². The molecule has 0 aliphatic heterocycles. The fourth-order valence-corrected chi connectivity index (χ4v) is 1.40. The van der Waals surface area contributed by atoms with Crippen molar-refractivity contribution in [3.63, 3.8) is 0 Å². The fourth-order valence-electron chi connectivity index (χ4n) is 1.40. The van der Waals surface area contributed by atoms with Crippen LogP contribution < -0.4 is 10.1 Å². The summed E-state index contributed by atoms with van der Waals surface area (Å²) < 4.78 is 23.9. The van der Waals surface area contributed by atoms with Crippen LogP contribution in [0.3, 0.4) is 0 Å². The van der Waals surface area contributed by atoms with Crippen LogP contribution in [0.25, 0.3) is 0 Å². The molecule has 0 radical (unpaired) electrons. The Morgan fingerprint density at radius 2 is 2.29 bits per heavy atom. The molecule has 0 spiro atoms. The Labute approximate surface area is 101 Å². The molecule has 1 rings (SSSR count). The van der Waals surface area contributed by atoms with Crippen molar-refractivity contribution in [1.29, 1.82) is 0 Å². The van der Waals surface area contributed by atoms with Gasteiger partial charge in [-0.15, -0.1) is 0 Å². The van der Waals surface area contributed by atoms with Crippen LogP contribution in [-0.2, 0) is 11.3 Å². The van der Waals surface area contributed by atoms with Gasteiger partial charge in [0.05, 0.1) is 12.8 Å². The van der Waals surface area contributed by atoms with Gasteiger partial charge in [0.2, 0.25) is 5.88 Å². The minimum absolute atomic E-state index is 0.108. The van der Waals surface area contributed by atoms with Crippen molar-refractivity contribution in [3.05, 3.63) is 23.6 Å². The van der Waals surface area contributed by atoms with Crippen molar-refractivity contribution in [3.8, 4) is 5.88 Å². The van der Waals surface area contributed by atoms with Gasteiger partial charge in [-0.3, -0.25) is 0 Å². The maximum Gasteiger partial charge on any atom is 0.218 e. The van der Waals surface area contributed by atoms with E-state index in [1.807, 2.05) is 13.8 Å². The Bertz CT molecular complexity index is 347. The third-order valence-corrected chi connectivity index (χ3v) is 2.13. The van der Waals surface area contributed by atoms with E-state index in [0.29, 0.717) is 31.2 Å². The molecule has 1 N–H and O–H groups in total. The molecule has 1 unspecified atom stereocenters. The van der Waals surface area contributed by atoms with Gasteiger partial charge in [-0.1, -0.05) is 0 Å². The Morgan fingerprint density at radius 1 is 1.53 bits per heavy atom. The summed E-state index contributed by atoms with van der Waals surface area (Å²) in [6.45, 7) is 5.48. The topological polar surface area (TPSA) is 43.4 Å². The molecule has 0 bridgehead atoms. The number of ether oxygens (including phenoxy) is 2. The monoisotopic (exact) mass is 242 g/mol. The number of hydrogen-bond acceptors (Lipinski definition) is 4. The van der Waals surface area contributed by atoms with Gasteiger partial charge in [0.25, 0.3) is 0 Å². The first kappa shape index (κ1) is 13.9. The number of rotatable bonds is 7. The second-order valence-electron chi connectivity index (χ2n) is 3.74. The van der Waals surface area contributed by atoms with Crippen LogP contribution in [0.2, 0.25) is 0 Å². The van der Waals surface area contributed by atoms with E-state index in [2.05, 4.69) is 10.3 Å². The van der Waals surface area contributed by atoms with Gasteiger partial charge in [-0.2, -0.15) is 0 Å². The lowest BCUT2D eigenvalue weighted by Gasteiger charge is -2.16. The molecule has 0 fully saturated rings. The Balaban J connectivity index is 2.68. The average Bonchev–Trinajstić information content (AvgIpc) is 2.30. The first-order chi connectivity index (χ1) is 8.17. The van der Waals surface area contributed by atoms with Crippen LogP contribution in [0.5, 0.6) is 5.88 Å². The molecule has 0 amide bonds. The number of nitrogens with zero attached hydrogens (tertiary/aromatic N) is 1. The van der Waals surface area contributed by atoms with Gasteiger partial charge in [-0.05, 0) is 27.0 Å². The number of halogens is 1. The lowest BCUT2D eigenvalue weighted by molar-refractivity contribution is 0.0627.